The molecule has 1 aliphatic heterocycles. The van der Waals surface area contributed by atoms with E-state index in [4.69, 9.17) is 5.73 Å². The highest BCUT2D eigenvalue weighted by Crippen LogP contribution is 2.30. The van der Waals surface area contributed by atoms with Crippen molar-refractivity contribution in [2.45, 2.75) is 33.2 Å². The van der Waals surface area contributed by atoms with Crippen molar-refractivity contribution in [1.29, 1.82) is 0 Å². The first kappa shape index (κ1) is 16.2. The summed E-state index contributed by atoms with van der Waals surface area (Å²) in [5.74, 6) is -0.130. The highest BCUT2D eigenvalue weighted by Gasteiger charge is 2.35. The van der Waals surface area contributed by atoms with Crippen molar-refractivity contribution in [2.24, 2.45) is 11.1 Å². The summed E-state index contributed by atoms with van der Waals surface area (Å²) in [5, 5.41) is 0. The van der Waals surface area contributed by atoms with Gasteiger partial charge in [0.2, 0.25) is 0 Å². The molecule has 0 spiro atoms. The van der Waals surface area contributed by atoms with Crippen LogP contribution in [0.3, 0.4) is 0 Å². The Labute approximate surface area is 127 Å². The molecule has 0 unspecified atom stereocenters. The molecule has 1 heterocycles. The number of hydrogen-bond acceptors (Lipinski definition) is 3. The maximum Gasteiger partial charge on any atom is 0.146 e. The Morgan fingerprint density at radius 3 is 2.14 bits per heavy atom. The van der Waals surface area contributed by atoms with Crippen molar-refractivity contribution < 1.29 is 4.39 Å². The van der Waals surface area contributed by atoms with Crippen molar-refractivity contribution in [1.82, 2.24) is 4.90 Å². The van der Waals surface area contributed by atoms with Gasteiger partial charge < -0.3 is 10.6 Å². The van der Waals surface area contributed by atoms with Crippen molar-refractivity contribution in [3.8, 4) is 0 Å². The number of nitrogens with zero attached hydrogens (tertiary/aromatic N) is 2. The van der Waals surface area contributed by atoms with E-state index in [-0.39, 0.29) is 16.8 Å². The van der Waals surface area contributed by atoms with Crippen LogP contribution in [0.15, 0.2) is 24.3 Å². The van der Waals surface area contributed by atoms with Crippen LogP contribution in [-0.4, -0.2) is 43.2 Å². The van der Waals surface area contributed by atoms with Gasteiger partial charge >= 0.3 is 0 Å². The molecule has 0 atom stereocenters. The smallest absolute Gasteiger partial charge is 0.146 e. The first-order chi connectivity index (χ1) is 9.71. The van der Waals surface area contributed by atoms with Crippen LogP contribution in [0.1, 0.15) is 27.7 Å². The predicted octanol–water partition coefficient (Wildman–Crippen LogP) is 2.71. The van der Waals surface area contributed by atoms with Gasteiger partial charge in [-0.15, -0.1) is 0 Å². The fraction of sp³-hybridized carbons (Fsp3) is 0.647. The van der Waals surface area contributed by atoms with Gasteiger partial charge in [-0.25, -0.2) is 4.39 Å². The zero-order valence-electron chi connectivity index (χ0n) is 13.7. The molecule has 1 aliphatic rings. The van der Waals surface area contributed by atoms with Crippen molar-refractivity contribution in [3.63, 3.8) is 0 Å². The molecule has 1 aromatic rings. The average molecular weight is 293 g/mol. The first-order valence-corrected chi connectivity index (χ1v) is 7.71. The van der Waals surface area contributed by atoms with Crippen LogP contribution < -0.4 is 10.6 Å². The van der Waals surface area contributed by atoms with Gasteiger partial charge in [-0.2, -0.15) is 0 Å². The Morgan fingerprint density at radius 2 is 1.62 bits per heavy atom. The predicted molar refractivity (Wildman–Crippen MR) is 87.1 cm³/mol. The van der Waals surface area contributed by atoms with Crippen LogP contribution in [0.2, 0.25) is 0 Å². The minimum absolute atomic E-state index is 0.0488. The third-order valence-electron chi connectivity index (χ3n) is 4.93. The lowest BCUT2D eigenvalue weighted by Crippen LogP contribution is -2.56. The summed E-state index contributed by atoms with van der Waals surface area (Å²) in [5.41, 5.74) is 6.84. The topological polar surface area (TPSA) is 32.5 Å². The average Bonchev–Trinajstić information content (AvgIpc) is 2.39. The summed E-state index contributed by atoms with van der Waals surface area (Å²) in [6.07, 6.45) is 0. The van der Waals surface area contributed by atoms with Gasteiger partial charge in [0.25, 0.3) is 0 Å². The van der Waals surface area contributed by atoms with Gasteiger partial charge in [0, 0.05) is 38.3 Å². The SMILES string of the molecule is CC(C)(N)C(C)(C)CN1CCN(c2ccccc2F)CC1. The van der Waals surface area contributed by atoms with E-state index in [1.807, 2.05) is 12.1 Å². The molecule has 1 aromatic carbocycles. The van der Waals surface area contributed by atoms with Crippen LogP contribution in [-0.2, 0) is 0 Å². The van der Waals surface area contributed by atoms with Crippen LogP contribution in [0, 0.1) is 11.2 Å². The molecular formula is C17H28FN3. The Balaban J connectivity index is 1.94. The Bertz CT molecular complexity index is 471. The van der Waals surface area contributed by atoms with Gasteiger partial charge in [-0.05, 0) is 31.4 Å². The van der Waals surface area contributed by atoms with Crippen LogP contribution in [0.25, 0.3) is 0 Å². The highest BCUT2D eigenvalue weighted by molar-refractivity contribution is 5.47. The monoisotopic (exact) mass is 293 g/mol. The second-order valence-corrected chi connectivity index (χ2v) is 7.32. The summed E-state index contributed by atoms with van der Waals surface area (Å²) < 4.78 is 13.8. The Morgan fingerprint density at radius 1 is 1.05 bits per heavy atom. The van der Waals surface area contributed by atoms with Gasteiger partial charge in [-0.3, -0.25) is 4.90 Å². The number of anilines is 1. The lowest BCUT2D eigenvalue weighted by molar-refractivity contribution is 0.109. The zero-order chi connectivity index (χ0) is 15.7. The molecular weight excluding hydrogens is 265 g/mol. The second-order valence-electron chi connectivity index (χ2n) is 7.32. The largest absolute Gasteiger partial charge is 0.367 e. The van der Waals surface area contributed by atoms with E-state index in [0.29, 0.717) is 0 Å². The highest BCUT2D eigenvalue weighted by atomic mass is 19.1. The molecule has 1 saturated heterocycles. The van der Waals surface area contributed by atoms with E-state index in [1.165, 1.54) is 6.07 Å². The number of benzene rings is 1. The van der Waals surface area contributed by atoms with E-state index < -0.39 is 0 Å². The summed E-state index contributed by atoms with van der Waals surface area (Å²) in [4.78, 5) is 4.57. The third kappa shape index (κ3) is 3.74. The molecule has 0 bridgehead atoms. The molecule has 0 saturated carbocycles. The molecule has 0 aliphatic carbocycles. The van der Waals surface area contributed by atoms with Gasteiger partial charge in [0.1, 0.15) is 5.82 Å². The van der Waals surface area contributed by atoms with Crippen molar-refractivity contribution >= 4 is 5.69 Å². The molecule has 4 heteroatoms. The number of piperazine rings is 1. The van der Waals surface area contributed by atoms with Crippen LogP contribution in [0.4, 0.5) is 10.1 Å². The maximum absolute atomic E-state index is 13.8. The molecule has 0 radical (unpaired) electrons. The second kappa shape index (κ2) is 5.93. The summed E-state index contributed by atoms with van der Waals surface area (Å²) >= 11 is 0. The molecule has 1 fully saturated rings. The summed E-state index contributed by atoms with van der Waals surface area (Å²) in [7, 11) is 0. The molecule has 2 N–H and O–H groups in total. The van der Waals surface area contributed by atoms with E-state index >= 15 is 0 Å². The standard InChI is InChI=1S/C17H28FN3/c1-16(2,17(3,4)19)13-20-9-11-21(12-10-20)15-8-6-5-7-14(15)18/h5-8H,9-13,19H2,1-4H3. The number of hydrogen-bond donors (Lipinski definition) is 1. The molecule has 0 amide bonds. The van der Waals surface area contributed by atoms with Gasteiger partial charge in [-0.1, -0.05) is 26.0 Å². The minimum Gasteiger partial charge on any atom is -0.367 e. The number of nitrogens with two attached hydrogens (primary N) is 1. The van der Waals surface area contributed by atoms with Crippen molar-refractivity contribution in [2.75, 3.05) is 37.6 Å². The zero-order valence-corrected chi connectivity index (χ0v) is 13.7. The first-order valence-electron chi connectivity index (χ1n) is 7.71. The number of rotatable bonds is 4. The van der Waals surface area contributed by atoms with E-state index in [0.717, 1.165) is 38.4 Å². The molecule has 0 aromatic heterocycles. The summed E-state index contributed by atoms with van der Waals surface area (Å²) in [6, 6.07) is 7.02. The van der Waals surface area contributed by atoms with Crippen LogP contribution >= 0.6 is 0 Å². The fourth-order valence-corrected chi connectivity index (χ4v) is 2.62. The molecule has 118 valence electrons. The van der Waals surface area contributed by atoms with Gasteiger partial charge in [0.15, 0.2) is 0 Å². The molecule has 3 nitrogen and oxygen atoms in total. The molecule has 21 heavy (non-hydrogen) atoms. The van der Waals surface area contributed by atoms with E-state index in [2.05, 4.69) is 37.5 Å². The van der Waals surface area contributed by atoms with Crippen molar-refractivity contribution in [3.05, 3.63) is 30.1 Å². The Hall–Kier alpha value is -1.13. The molecule has 2 rings (SSSR count). The Kier molecular flexibility index (Phi) is 4.59. The maximum atomic E-state index is 13.8. The van der Waals surface area contributed by atoms with Gasteiger partial charge in [0.05, 0.1) is 5.69 Å². The number of halogens is 1. The number of para-hydroxylation sites is 1. The lowest BCUT2D eigenvalue weighted by Gasteiger charge is -2.45. The third-order valence-corrected chi connectivity index (χ3v) is 4.93. The minimum atomic E-state index is -0.213. The fourth-order valence-electron chi connectivity index (χ4n) is 2.62. The van der Waals surface area contributed by atoms with E-state index in [1.54, 1.807) is 6.07 Å². The quantitative estimate of drug-likeness (QED) is 0.926. The van der Waals surface area contributed by atoms with Crippen LogP contribution in [0.5, 0.6) is 0 Å². The normalized spacial score (nSPS) is 18.1. The van der Waals surface area contributed by atoms with E-state index in [9.17, 15) is 4.39 Å². The summed E-state index contributed by atoms with van der Waals surface area (Å²) in [6.45, 7) is 13.2. The lowest BCUT2D eigenvalue weighted by atomic mass is 9.75.